The molecule has 0 aliphatic carbocycles. The SMILES string of the molecule is Cn1nc(Br)cc1C(CN)CC(=O)O. The van der Waals surface area contributed by atoms with Crippen molar-refractivity contribution in [2.75, 3.05) is 6.54 Å². The third kappa shape index (κ3) is 2.55. The van der Waals surface area contributed by atoms with Gasteiger partial charge < -0.3 is 10.8 Å². The Kier molecular flexibility index (Phi) is 3.65. The number of rotatable bonds is 4. The predicted molar refractivity (Wildman–Crippen MR) is 55.0 cm³/mol. The molecule has 14 heavy (non-hydrogen) atoms. The number of hydrogen-bond acceptors (Lipinski definition) is 3. The molecule has 1 rings (SSSR count). The monoisotopic (exact) mass is 261 g/mol. The maximum Gasteiger partial charge on any atom is 0.304 e. The molecule has 0 aliphatic rings. The summed E-state index contributed by atoms with van der Waals surface area (Å²) in [7, 11) is 1.77. The quantitative estimate of drug-likeness (QED) is 0.836. The van der Waals surface area contributed by atoms with E-state index in [2.05, 4.69) is 21.0 Å². The van der Waals surface area contributed by atoms with E-state index in [0.717, 1.165) is 5.69 Å². The molecule has 0 fully saturated rings. The third-order valence-corrected chi connectivity index (χ3v) is 2.40. The first-order valence-electron chi connectivity index (χ1n) is 4.16. The molecule has 0 saturated heterocycles. The van der Waals surface area contributed by atoms with Crippen molar-refractivity contribution >= 4 is 21.9 Å². The van der Waals surface area contributed by atoms with Gasteiger partial charge in [-0.3, -0.25) is 9.48 Å². The average molecular weight is 262 g/mol. The van der Waals surface area contributed by atoms with Crippen molar-refractivity contribution in [3.8, 4) is 0 Å². The van der Waals surface area contributed by atoms with Gasteiger partial charge in [0.05, 0.1) is 6.42 Å². The van der Waals surface area contributed by atoms with Crippen LogP contribution in [0.5, 0.6) is 0 Å². The second kappa shape index (κ2) is 4.56. The van der Waals surface area contributed by atoms with Gasteiger partial charge in [-0.05, 0) is 22.0 Å². The number of nitrogens with zero attached hydrogens (tertiary/aromatic N) is 2. The van der Waals surface area contributed by atoms with Crippen LogP contribution in [0.4, 0.5) is 0 Å². The molecule has 1 unspecified atom stereocenters. The van der Waals surface area contributed by atoms with Crippen molar-refractivity contribution in [3.63, 3.8) is 0 Å². The van der Waals surface area contributed by atoms with Gasteiger partial charge in [-0.1, -0.05) is 0 Å². The summed E-state index contributed by atoms with van der Waals surface area (Å²) in [6, 6.07) is 1.79. The second-order valence-electron chi connectivity index (χ2n) is 3.05. The fourth-order valence-corrected chi connectivity index (χ4v) is 1.82. The Morgan fingerprint density at radius 3 is 2.86 bits per heavy atom. The summed E-state index contributed by atoms with van der Waals surface area (Å²) in [4.78, 5) is 10.6. The van der Waals surface area contributed by atoms with Crippen LogP contribution in [0.15, 0.2) is 10.7 Å². The number of carboxylic acid groups (broad SMARTS) is 1. The third-order valence-electron chi connectivity index (χ3n) is 2.01. The number of aliphatic carboxylic acids is 1. The van der Waals surface area contributed by atoms with E-state index in [1.54, 1.807) is 17.8 Å². The van der Waals surface area contributed by atoms with Crippen molar-refractivity contribution in [2.24, 2.45) is 12.8 Å². The van der Waals surface area contributed by atoms with Crippen LogP contribution in [0.1, 0.15) is 18.0 Å². The first-order valence-corrected chi connectivity index (χ1v) is 4.95. The molecule has 1 atom stereocenters. The Balaban J connectivity index is 2.88. The van der Waals surface area contributed by atoms with Crippen LogP contribution in [0.2, 0.25) is 0 Å². The van der Waals surface area contributed by atoms with Gasteiger partial charge in [-0.25, -0.2) is 0 Å². The van der Waals surface area contributed by atoms with Crippen LogP contribution in [0.25, 0.3) is 0 Å². The van der Waals surface area contributed by atoms with E-state index in [9.17, 15) is 4.79 Å². The number of carboxylic acids is 1. The minimum atomic E-state index is -0.849. The van der Waals surface area contributed by atoms with Gasteiger partial charge in [0.15, 0.2) is 0 Å². The van der Waals surface area contributed by atoms with Gasteiger partial charge >= 0.3 is 5.97 Å². The van der Waals surface area contributed by atoms with Crippen molar-refractivity contribution in [1.29, 1.82) is 0 Å². The maximum atomic E-state index is 10.6. The van der Waals surface area contributed by atoms with E-state index in [-0.39, 0.29) is 12.3 Å². The first-order chi connectivity index (χ1) is 6.54. The molecule has 6 heteroatoms. The predicted octanol–water partition coefficient (Wildman–Crippen LogP) is 0.700. The summed E-state index contributed by atoms with van der Waals surface area (Å²) in [6.45, 7) is 0.304. The molecule has 5 nitrogen and oxygen atoms in total. The van der Waals surface area contributed by atoms with Crippen LogP contribution in [-0.4, -0.2) is 27.4 Å². The Labute approximate surface area is 90.0 Å². The van der Waals surface area contributed by atoms with Gasteiger partial charge in [0, 0.05) is 25.2 Å². The molecule has 3 N–H and O–H groups in total. The molecule has 1 aromatic rings. The molecule has 0 bridgehead atoms. The number of aromatic nitrogens is 2. The molecular weight excluding hydrogens is 250 g/mol. The molecule has 1 heterocycles. The zero-order valence-electron chi connectivity index (χ0n) is 7.77. The topological polar surface area (TPSA) is 81.1 Å². The number of halogens is 1. The molecule has 0 aliphatic heterocycles. The van der Waals surface area contributed by atoms with E-state index in [1.165, 1.54) is 0 Å². The zero-order valence-corrected chi connectivity index (χ0v) is 9.36. The Morgan fingerprint density at radius 1 is 1.86 bits per heavy atom. The van der Waals surface area contributed by atoms with Crippen molar-refractivity contribution < 1.29 is 9.90 Å². The molecule has 0 amide bonds. The molecule has 1 aromatic heterocycles. The van der Waals surface area contributed by atoms with E-state index in [1.807, 2.05) is 0 Å². The van der Waals surface area contributed by atoms with E-state index in [4.69, 9.17) is 10.8 Å². The molecule has 0 aromatic carbocycles. The minimum absolute atomic E-state index is 0.0302. The highest BCUT2D eigenvalue weighted by Crippen LogP contribution is 2.21. The Bertz CT molecular complexity index is 337. The number of hydrogen-bond donors (Lipinski definition) is 2. The highest BCUT2D eigenvalue weighted by atomic mass is 79.9. The fraction of sp³-hybridized carbons (Fsp3) is 0.500. The van der Waals surface area contributed by atoms with Gasteiger partial charge in [0.2, 0.25) is 0 Å². The lowest BCUT2D eigenvalue weighted by molar-refractivity contribution is -0.137. The van der Waals surface area contributed by atoms with Gasteiger partial charge in [-0.15, -0.1) is 0 Å². The number of carbonyl (C=O) groups is 1. The van der Waals surface area contributed by atoms with E-state index < -0.39 is 5.97 Å². The zero-order chi connectivity index (χ0) is 10.7. The Hall–Kier alpha value is -0.880. The lowest BCUT2D eigenvalue weighted by atomic mass is 10.0. The fourth-order valence-electron chi connectivity index (χ4n) is 1.35. The average Bonchev–Trinajstić information content (AvgIpc) is 2.41. The van der Waals surface area contributed by atoms with E-state index in [0.29, 0.717) is 11.1 Å². The summed E-state index contributed by atoms with van der Waals surface area (Å²) in [6.07, 6.45) is 0.0302. The van der Waals surface area contributed by atoms with Crippen LogP contribution in [0.3, 0.4) is 0 Å². The van der Waals surface area contributed by atoms with Gasteiger partial charge in [-0.2, -0.15) is 5.10 Å². The second-order valence-corrected chi connectivity index (χ2v) is 3.86. The summed E-state index contributed by atoms with van der Waals surface area (Å²) >= 11 is 3.23. The maximum absolute atomic E-state index is 10.6. The summed E-state index contributed by atoms with van der Waals surface area (Å²) in [5.41, 5.74) is 6.35. The summed E-state index contributed by atoms with van der Waals surface area (Å²) in [5.74, 6) is -1.03. The van der Waals surface area contributed by atoms with Gasteiger partial charge in [0.25, 0.3) is 0 Å². The van der Waals surface area contributed by atoms with Gasteiger partial charge in [0.1, 0.15) is 4.60 Å². The van der Waals surface area contributed by atoms with Crippen LogP contribution < -0.4 is 5.73 Å². The minimum Gasteiger partial charge on any atom is -0.481 e. The first kappa shape index (κ1) is 11.2. The van der Waals surface area contributed by atoms with E-state index >= 15 is 0 Å². The normalized spacial score (nSPS) is 12.8. The van der Waals surface area contributed by atoms with Crippen LogP contribution in [0, 0.1) is 0 Å². The highest BCUT2D eigenvalue weighted by molar-refractivity contribution is 9.10. The summed E-state index contributed by atoms with van der Waals surface area (Å²) in [5, 5.41) is 12.7. The van der Waals surface area contributed by atoms with Crippen molar-refractivity contribution in [3.05, 3.63) is 16.4 Å². The van der Waals surface area contributed by atoms with Crippen molar-refractivity contribution in [1.82, 2.24) is 9.78 Å². The lowest BCUT2D eigenvalue weighted by Crippen LogP contribution is -2.18. The summed E-state index contributed by atoms with van der Waals surface area (Å²) < 4.78 is 2.34. The molecule has 0 radical (unpaired) electrons. The molecule has 0 saturated carbocycles. The number of nitrogens with two attached hydrogens (primary N) is 1. The van der Waals surface area contributed by atoms with Crippen LogP contribution in [-0.2, 0) is 11.8 Å². The molecular formula is C8H12BrN3O2. The molecule has 78 valence electrons. The lowest BCUT2D eigenvalue weighted by Gasteiger charge is -2.11. The highest BCUT2D eigenvalue weighted by Gasteiger charge is 2.17. The van der Waals surface area contributed by atoms with Crippen molar-refractivity contribution in [2.45, 2.75) is 12.3 Å². The number of aryl methyl sites for hydroxylation is 1. The largest absolute Gasteiger partial charge is 0.481 e. The smallest absolute Gasteiger partial charge is 0.304 e. The van der Waals surface area contributed by atoms with Crippen LogP contribution >= 0.6 is 15.9 Å². The Morgan fingerprint density at radius 2 is 2.50 bits per heavy atom. The standard InChI is InChI=1S/C8H12BrN3O2/c1-12-6(3-7(9)11-12)5(4-10)2-8(13)14/h3,5H,2,4,10H2,1H3,(H,13,14). The molecule has 0 spiro atoms.